The summed E-state index contributed by atoms with van der Waals surface area (Å²) in [7, 11) is 3.97. The number of rotatable bonds is 7. The fourth-order valence-electron chi connectivity index (χ4n) is 2.57. The van der Waals surface area contributed by atoms with Gasteiger partial charge >= 0.3 is 6.09 Å². The number of carboxylic acid groups (broad SMARTS) is 1. The number of carbonyl (C=O) groups excluding carboxylic acids is 1. The molecule has 0 bridgehead atoms. The molecule has 0 saturated heterocycles. The van der Waals surface area contributed by atoms with Gasteiger partial charge in [0.05, 0.1) is 16.3 Å². The van der Waals surface area contributed by atoms with Crippen LogP contribution in [0.25, 0.3) is 10.1 Å². The first-order valence-electron chi connectivity index (χ1n) is 8.64. The number of fused-ring (bicyclic) bond motifs is 1. The van der Waals surface area contributed by atoms with E-state index in [0.29, 0.717) is 22.9 Å². The van der Waals surface area contributed by atoms with Crippen LogP contribution in [0.4, 0.5) is 16.2 Å². The van der Waals surface area contributed by atoms with E-state index < -0.39 is 6.09 Å². The molecule has 146 valence electrons. The maximum absolute atomic E-state index is 12.6. The number of nitrogens with one attached hydrogen (secondary N) is 2. The standard InChI is InChI=1S/C20H21N3O4S/c1-23(2)9-10-27-14-7-8-17-13(11-14)12-18(28-17)19(24)21-15-5-3-4-6-16(15)22-20(25)26/h3-8,11-12,22H,9-10H2,1-2H3,(H,21,24)(H,25,26). The van der Waals surface area contributed by atoms with Crippen LogP contribution in [0.1, 0.15) is 9.67 Å². The third-order valence-electron chi connectivity index (χ3n) is 3.94. The number of anilines is 2. The smallest absolute Gasteiger partial charge is 0.409 e. The molecule has 0 fully saturated rings. The van der Waals surface area contributed by atoms with Crippen molar-refractivity contribution in [2.45, 2.75) is 0 Å². The Kier molecular flexibility index (Phi) is 6.13. The van der Waals surface area contributed by atoms with Crippen LogP contribution in [0.2, 0.25) is 0 Å². The van der Waals surface area contributed by atoms with Crippen molar-refractivity contribution in [2.24, 2.45) is 0 Å². The number of hydrogen-bond acceptors (Lipinski definition) is 5. The Hall–Kier alpha value is -3.10. The molecule has 3 rings (SSSR count). The van der Waals surface area contributed by atoms with Gasteiger partial charge in [0, 0.05) is 11.2 Å². The molecule has 3 aromatic rings. The average Bonchev–Trinajstić information content (AvgIpc) is 3.06. The van der Waals surface area contributed by atoms with Crippen LogP contribution in [0.15, 0.2) is 48.5 Å². The van der Waals surface area contributed by atoms with Crippen LogP contribution < -0.4 is 15.4 Å². The first-order chi connectivity index (χ1) is 13.4. The molecule has 2 aromatic carbocycles. The van der Waals surface area contributed by atoms with E-state index in [1.165, 1.54) is 11.3 Å². The van der Waals surface area contributed by atoms with Crippen LogP contribution >= 0.6 is 11.3 Å². The van der Waals surface area contributed by atoms with E-state index in [2.05, 4.69) is 10.6 Å². The topological polar surface area (TPSA) is 90.9 Å². The predicted octanol–water partition coefficient (Wildman–Crippen LogP) is 4.18. The number of nitrogens with zero attached hydrogens (tertiary/aromatic N) is 1. The van der Waals surface area contributed by atoms with Gasteiger partial charge in [-0.2, -0.15) is 0 Å². The van der Waals surface area contributed by atoms with Gasteiger partial charge in [0.15, 0.2) is 0 Å². The van der Waals surface area contributed by atoms with E-state index in [1.807, 2.05) is 37.2 Å². The fraction of sp³-hybridized carbons (Fsp3) is 0.200. The molecular weight excluding hydrogens is 378 g/mol. The molecule has 3 N–H and O–H groups in total. The van der Waals surface area contributed by atoms with Gasteiger partial charge in [0.2, 0.25) is 0 Å². The number of benzene rings is 2. The van der Waals surface area contributed by atoms with Crippen molar-refractivity contribution in [1.29, 1.82) is 0 Å². The third kappa shape index (κ3) is 4.99. The van der Waals surface area contributed by atoms with Crippen molar-refractivity contribution in [2.75, 3.05) is 37.9 Å². The Morgan fingerprint density at radius 3 is 2.46 bits per heavy atom. The van der Waals surface area contributed by atoms with Crippen molar-refractivity contribution in [3.8, 4) is 5.75 Å². The lowest BCUT2D eigenvalue weighted by atomic mass is 10.2. The largest absolute Gasteiger partial charge is 0.492 e. The first kappa shape index (κ1) is 19.7. The highest BCUT2D eigenvalue weighted by atomic mass is 32.1. The lowest BCUT2D eigenvalue weighted by Gasteiger charge is -2.10. The highest BCUT2D eigenvalue weighted by Crippen LogP contribution is 2.30. The maximum Gasteiger partial charge on any atom is 0.409 e. The van der Waals surface area contributed by atoms with E-state index in [4.69, 9.17) is 9.84 Å². The number of ether oxygens (including phenoxy) is 1. The zero-order valence-corrected chi connectivity index (χ0v) is 16.4. The quantitative estimate of drug-likeness (QED) is 0.554. The summed E-state index contributed by atoms with van der Waals surface area (Å²) in [6.45, 7) is 1.41. The highest BCUT2D eigenvalue weighted by Gasteiger charge is 2.14. The molecule has 0 saturated carbocycles. The van der Waals surface area contributed by atoms with E-state index in [1.54, 1.807) is 30.3 Å². The summed E-state index contributed by atoms with van der Waals surface area (Å²) in [5.74, 6) is 0.464. The number of hydrogen-bond donors (Lipinski definition) is 3. The molecule has 0 spiro atoms. The minimum absolute atomic E-state index is 0.295. The average molecular weight is 399 g/mol. The third-order valence-corrected chi connectivity index (χ3v) is 5.05. The molecule has 1 aromatic heterocycles. The van der Waals surface area contributed by atoms with Crippen LogP contribution in [0.3, 0.4) is 0 Å². The lowest BCUT2D eigenvalue weighted by molar-refractivity contribution is 0.103. The van der Waals surface area contributed by atoms with Gasteiger partial charge in [-0.3, -0.25) is 10.1 Å². The zero-order valence-electron chi connectivity index (χ0n) is 15.6. The molecule has 0 aliphatic carbocycles. The summed E-state index contributed by atoms with van der Waals surface area (Å²) in [4.78, 5) is 26.1. The first-order valence-corrected chi connectivity index (χ1v) is 9.45. The number of para-hydroxylation sites is 2. The van der Waals surface area contributed by atoms with Gasteiger partial charge in [-0.1, -0.05) is 12.1 Å². The summed E-state index contributed by atoms with van der Waals surface area (Å²) in [6, 6.07) is 14.2. The lowest BCUT2D eigenvalue weighted by Crippen LogP contribution is -2.19. The molecule has 0 unspecified atom stereocenters. The molecular formula is C20H21N3O4S. The van der Waals surface area contributed by atoms with Gasteiger partial charge in [-0.15, -0.1) is 11.3 Å². The van der Waals surface area contributed by atoms with Crippen molar-refractivity contribution < 1.29 is 19.4 Å². The van der Waals surface area contributed by atoms with Crippen molar-refractivity contribution in [3.63, 3.8) is 0 Å². The number of thiophene rings is 1. The Balaban J connectivity index is 1.75. The highest BCUT2D eigenvalue weighted by molar-refractivity contribution is 7.20. The Morgan fingerprint density at radius 1 is 1.07 bits per heavy atom. The molecule has 7 nitrogen and oxygen atoms in total. The second-order valence-corrected chi connectivity index (χ2v) is 7.48. The van der Waals surface area contributed by atoms with E-state index in [0.717, 1.165) is 22.4 Å². The second-order valence-electron chi connectivity index (χ2n) is 6.39. The molecule has 8 heteroatoms. The fourth-order valence-corrected chi connectivity index (χ4v) is 3.51. The van der Waals surface area contributed by atoms with Gasteiger partial charge in [-0.05, 0) is 55.9 Å². The van der Waals surface area contributed by atoms with Crippen molar-refractivity contribution in [3.05, 3.63) is 53.4 Å². The number of carbonyl (C=O) groups is 2. The van der Waals surface area contributed by atoms with E-state index in [-0.39, 0.29) is 5.91 Å². The Labute approximate surface area is 166 Å². The summed E-state index contributed by atoms with van der Waals surface area (Å²) >= 11 is 1.37. The summed E-state index contributed by atoms with van der Waals surface area (Å²) in [5, 5.41) is 14.9. The van der Waals surface area contributed by atoms with Gasteiger partial charge in [0.25, 0.3) is 5.91 Å². The van der Waals surface area contributed by atoms with E-state index in [9.17, 15) is 9.59 Å². The number of likely N-dealkylation sites (N-methyl/N-ethyl adjacent to an activating group) is 1. The summed E-state index contributed by atoms with van der Waals surface area (Å²) in [5.41, 5.74) is 0.723. The minimum Gasteiger partial charge on any atom is -0.492 e. The molecule has 0 radical (unpaired) electrons. The monoisotopic (exact) mass is 399 g/mol. The Bertz CT molecular complexity index is 1000. The summed E-state index contributed by atoms with van der Waals surface area (Å²) < 4.78 is 6.72. The van der Waals surface area contributed by atoms with Gasteiger partial charge in [0.1, 0.15) is 12.4 Å². The summed E-state index contributed by atoms with van der Waals surface area (Å²) in [6.07, 6.45) is -1.19. The van der Waals surface area contributed by atoms with Crippen LogP contribution in [0, 0.1) is 0 Å². The van der Waals surface area contributed by atoms with Crippen molar-refractivity contribution in [1.82, 2.24) is 4.90 Å². The Morgan fingerprint density at radius 2 is 1.79 bits per heavy atom. The van der Waals surface area contributed by atoms with Crippen LogP contribution in [-0.4, -0.2) is 49.3 Å². The zero-order chi connectivity index (χ0) is 20.1. The van der Waals surface area contributed by atoms with Gasteiger partial charge < -0.3 is 20.1 Å². The predicted molar refractivity (Wildman–Crippen MR) is 112 cm³/mol. The molecule has 1 heterocycles. The number of amides is 2. The van der Waals surface area contributed by atoms with Crippen LogP contribution in [0.5, 0.6) is 5.75 Å². The molecule has 0 atom stereocenters. The van der Waals surface area contributed by atoms with Crippen LogP contribution in [-0.2, 0) is 0 Å². The molecule has 0 aliphatic heterocycles. The van der Waals surface area contributed by atoms with E-state index >= 15 is 0 Å². The molecule has 2 amide bonds. The maximum atomic E-state index is 12.6. The molecule has 0 aliphatic rings. The normalized spacial score (nSPS) is 10.8. The second kappa shape index (κ2) is 8.73. The minimum atomic E-state index is -1.19. The SMILES string of the molecule is CN(C)CCOc1ccc2sc(C(=O)Nc3ccccc3NC(=O)O)cc2c1. The van der Waals surface area contributed by atoms with Crippen molar-refractivity contribution >= 4 is 44.8 Å². The van der Waals surface area contributed by atoms with Gasteiger partial charge in [-0.25, -0.2) is 4.79 Å². The molecule has 28 heavy (non-hydrogen) atoms.